The Kier molecular flexibility index (Phi) is 5.01. The van der Waals surface area contributed by atoms with Gasteiger partial charge in [-0.1, -0.05) is 12.8 Å². The van der Waals surface area contributed by atoms with Crippen LogP contribution in [0.1, 0.15) is 45.4 Å². The van der Waals surface area contributed by atoms with E-state index in [1.807, 2.05) is 6.92 Å². The number of carbonyl (C=O) groups excluding carboxylic acids is 1. The van der Waals surface area contributed by atoms with Gasteiger partial charge in [0.1, 0.15) is 0 Å². The number of amides is 1. The number of nitrogens with one attached hydrogen (secondary N) is 1. The maximum absolute atomic E-state index is 12.3. The molecule has 2 rings (SSSR count). The Morgan fingerprint density at radius 3 is 2.78 bits per heavy atom. The first-order valence-electron chi connectivity index (χ1n) is 7.34. The van der Waals surface area contributed by atoms with Crippen LogP contribution >= 0.6 is 0 Å². The standard InChI is InChI=1S/C14H26N2O2/c1-10(13-7-4-8-18-13)16-14(17)12-6-3-2-5-11(12)9-15/h10-13H,2-9,15H2,1H3,(H,16,17). The summed E-state index contributed by atoms with van der Waals surface area (Å²) in [5, 5.41) is 3.14. The van der Waals surface area contributed by atoms with Crippen molar-refractivity contribution >= 4 is 5.91 Å². The van der Waals surface area contributed by atoms with E-state index in [9.17, 15) is 4.79 Å². The van der Waals surface area contributed by atoms with E-state index in [4.69, 9.17) is 10.5 Å². The summed E-state index contributed by atoms with van der Waals surface area (Å²) >= 11 is 0. The van der Waals surface area contributed by atoms with Crippen LogP contribution in [0.4, 0.5) is 0 Å². The number of rotatable bonds is 4. The Morgan fingerprint density at radius 2 is 2.11 bits per heavy atom. The van der Waals surface area contributed by atoms with Crippen molar-refractivity contribution in [1.82, 2.24) is 5.32 Å². The highest BCUT2D eigenvalue weighted by Crippen LogP contribution is 2.29. The van der Waals surface area contributed by atoms with E-state index in [-0.39, 0.29) is 24.0 Å². The van der Waals surface area contributed by atoms with Crippen LogP contribution in [0.15, 0.2) is 0 Å². The number of nitrogens with two attached hydrogens (primary N) is 1. The zero-order chi connectivity index (χ0) is 13.0. The number of hydrogen-bond donors (Lipinski definition) is 2. The topological polar surface area (TPSA) is 64.4 Å². The van der Waals surface area contributed by atoms with Gasteiger partial charge in [0.05, 0.1) is 12.1 Å². The van der Waals surface area contributed by atoms with Crippen molar-refractivity contribution in [2.45, 2.75) is 57.6 Å². The van der Waals surface area contributed by atoms with E-state index in [1.165, 1.54) is 6.42 Å². The predicted molar refractivity (Wildman–Crippen MR) is 71.1 cm³/mol. The van der Waals surface area contributed by atoms with Gasteiger partial charge in [-0.3, -0.25) is 4.79 Å². The SMILES string of the molecule is CC(NC(=O)C1CCCCC1CN)C1CCCO1. The summed E-state index contributed by atoms with van der Waals surface area (Å²) < 4.78 is 5.62. The predicted octanol–water partition coefficient (Wildman–Crippen LogP) is 1.44. The number of hydrogen-bond acceptors (Lipinski definition) is 3. The molecule has 0 aromatic heterocycles. The molecule has 0 aromatic rings. The molecule has 2 aliphatic rings. The number of carbonyl (C=O) groups is 1. The molecule has 1 aliphatic heterocycles. The third-order valence-electron chi connectivity index (χ3n) is 4.44. The van der Waals surface area contributed by atoms with Gasteiger partial charge >= 0.3 is 0 Å². The average Bonchev–Trinajstić information content (AvgIpc) is 2.92. The van der Waals surface area contributed by atoms with E-state index < -0.39 is 0 Å². The van der Waals surface area contributed by atoms with Crippen molar-refractivity contribution in [2.75, 3.05) is 13.2 Å². The van der Waals surface area contributed by atoms with Crippen LogP contribution < -0.4 is 11.1 Å². The molecule has 1 heterocycles. The summed E-state index contributed by atoms with van der Waals surface area (Å²) in [4.78, 5) is 12.3. The molecule has 4 heteroatoms. The monoisotopic (exact) mass is 254 g/mol. The summed E-state index contributed by atoms with van der Waals surface area (Å²) in [6, 6.07) is 0.125. The van der Waals surface area contributed by atoms with Gasteiger partial charge in [0.2, 0.25) is 5.91 Å². The molecule has 0 aromatic carbocycles. The zero-order valence-corrected chi connectivity index (χ0v) is 11.4. The summed E-state index contributed by atoms with van der Waals surface area (Å²) in [7, 11) is 0. The highest BCUT2D eigenvalue weighted by atomic mass is 16.5. The lowest BCUT2D eigenvalue weighted by molar-refractivity contribution is -0.129. The first-order valence-corrected chi connectivity index (χ1v) is 7.34. The van der Waals surface area contributed by atoms with E-state index in [0.29, 0.717) is 12.5 Å². The highest BCUT2D eigenvalue weighted by Gasteiger charge is 2.32. The molecule has 4 atom stereocenters. The molecule has 2 fully saturated rings. The Labute approximate surface area is 110 Å². The van der Waals surface area contributed by atoms with Crippen LogP contribution in [-0.4, -0.2) is 31.2 Å². The van der Waals surface area contributed by atoms with Crippen LogP contribution in [0, 0.1) is 11.8 Å². The lowest BCUT2D eigenvalue weighted by atomic mass is 9.78. The summed E-state index contributed by atoms with van der Waals surface area (Å²) in [5.74, 6) is 0.677. The van der Waals surface area contributed by atoms with Gasteiger partial charge in [0.15, 0.2) is 0 Å². The first kappa shape index (κ1) is 13.8. The molecule has 4 unspecified atom stereocenters. The van der Waals surface area contributed by atoms with Gasteiger partial charge in [-0.05, 0) is 45.1 Å². The van der Waals surface area contributed by atoms with Crippen LogP contribution in [0.5, 0.6) is 0 Å². The van der Waals surface area contributed by atoms with E-state index in [1.54, 1.807) is 0 Å². The second kappa shape index (κ2) is 6.53. The first-order chi connectivity index (χ1) is 8.72. The maximum atomic E-state index is 12.3. The minimum atomic E-state index is 0.118. The Morgan fingerprint density at radius 1 is 1.33 bits per heavy atom. The fourth-order valence-electron chi connectivity index (χ4n) is 3.26. The summed E-state index contributed by atoms with van der Waals surface area (Å²) in [6.45, 7) is 3.51. The fraction of sp³-hybridized carbons (Fsp3) is 0.929. The molecule has 1 aliphatic carbocycles. The van der Waals surface area contributed by atoms with Crippen molar-refractivity contribution in [1.29, 1.82) is 0 Å². The molecule has 1 saturated carbocycles. The van der Waals surface area contributed by atoms with Crippen molar-refractivity contribution in [3.05, 3.63) is 0 Å². The lowest BCUT2D eigenvalue weighted by Gasteiger charge is -2.31. The van der Waals surface area contributed by atoms with Crippen LogP contribution in [0.2, 0.25) is 0 Å². The normalized spacial score (nSPS) is 34.2. The van der Waals surface area contributed by atoms with Crippen molar-refractivity contribution in [2.24, 2.45) is 17.6 Å². The molecule has 4 nitrogen and oxygen atoms in total. The molecule has 0 bridgehead atoms. The van der Waals surface area contributed by atoms with Gasteiger partial charge in [-0.25, -0.2) is 0 Å². The summed E-state index contributed by atoms with van der Waals surface area (Å²) in [5.41, 5.74) is 5.78. The average molecular weight is 254 g/mol. The summed E-state index contributed by atoms with van der Waals surface area (Å²) in [6.07, 6.45) is 6.84. The molecule has 3 N–H and O–H groups in total. The van der Waals surface area contributed by atoms with Gasteiger partial charge in [-0.15, -0.1) is 0 Å². The fourth-order valence-corrected chi connectivity index (χ4v) is 3.26. The van der Waals surface area contributed by atoms with E-state index >= 15 is 0 Å². The number of ether oxygens (including phenoxy) is 1. The Bertz CT molecular complexity index is 277. The third-order valence-corrected chi connectivity index (χ3v) is 4.44. The highest BCUT2D eigenvalue weighted by molar-refractivity contribution is 5.79. The molecule has 18 heavy (non-hydrogen) atoms. The largest absolute Gasteiger partial charge is 0.376 e. The van der Waals surface area contributed by atoms with Crippen molar-refractivity contribution in [3.63, 3.8) is 0 Å². The second-order valence-electron chi connectivity index (χ2n) is 5.74. The Hall–Kier alpha value is -0.610. The lowest BCUT2D eigenvalue weighted by Crippen LogP contribution is -2.46. The molecule has 0 spiro atoms. The molecule has 1 saturated heterocycles. The van der Waals surface area contributed by atoms with Gasteiger partial charge < -0.3 is 15.8 Å². The van der Waals surface area contributed by atoms with Crippen LogP contribution in [0.25, 0.3) is 0 Å². The second-order valence-corrected chi connectivity index (χ2v) is 5.74. The third kappa shape index (κ3) is 3.23. The smallest absolute Gasteiger partial charge is 0.223 e. The van der Waals surface area contributed by atoms with Crippen molar-refractivity contribution < 1.29 is 9.53 Å². The minimum Gasteiger partial charge on any atom is -0.376 e. The zero-order valence-electron chi connectivity index (χ0n) is 11.4. The van der Waals surface area contributed by atoms with E-state index in [0.717, 1.165) is 38.7 Å². The molecule has 1 amide bonds. The van der Waals surface area contributed by atoms with Crippen LogP contribution in [-0.2, 0) is 9.53 Å². The maximum Gasteiger partial charge on any atom is 0.223 e. The van der Waals surface area contributed by atoms with Crippen molar-refractivity contribution in [3.8, 4) is 0 Å². The quantitative estimate of drug-likeness (QED) is 0.798. The molecular formula is C14H26N2O2. The molecule has 0 radical (unpaired) electrons. The van der Waals surface area contributed by atoms with Gasteiger partial charge in [-0.2, -0.15) is 0 Å². The molecular weight excluding hydrogens is 228 g/mol. The van der Waals surface area contributed by atoms with Crippen LogP contribution in [0.3, 0.4) is 0 Å². The minimum absolute atomic E-state index is 0.118. The van der Waals surface area contributed by atoms with E-state index in [2.05, 4.69) is 5.32 Å². The van der Waals surface area contributed by atoms with Gasteiger partial charge in [0, 0.05) is 12.5 Å². The Balaban J connectivity index is 1.85. The van der Waals surface area contributed by atoms with Gasteiger partial charge in [0.25, 0.3) is 0 Å². The molecule has 104 valence electrons.